The van der Waals surface area contributed by atoms with Crippen LogP contribution in [0.4, 0.5) is 5.69 Å². The molecule has 2 rings (SSSR count). The summed E-state index contributed by atoms with van der Waals surface area (Å²) in [5.41, 5.74) is 2.00. The maximum Gasteiger partial charge on any atom is 0.227 e. The number of fused-ring (bicyclic) bond motifs is 1. The van der Waals surface area contributed by atoms with Gasteiger partial charge in [0.2, 0.25) is 5.91 Å². The molecule has 0 fully saturated rings. The van der Waals surface area contributed by atoms with Gasteiger partial charge >= 0.3 is 0 Å². The number of ether oxygens (including phenoxy) is 1. The maximum atomic E-state index is 11.3. The van der Waals surface area contributed by atoms with E-state index < -0.39 is 0 Å². The molecule has 1 N–H and O–H groups in total. The third kappa shape index (κ3) is 2.12. The average Bonchev–Trinajstić information content (AvgIpc) is 2.37. The summed E-state index contributed by atoms with van der Waals surface area (Å²) in [5, 5.41) is 2.85. The minimum atomic E-state index is 0.0228. The standard InChI is InChI=1S/C12H15NO2/c1-8(2)9-3-4-11-10(7-9)13-12(14)5-6-15-11/h3-4,7-8H,5-6H2,1-2H3,(H,13,14). The Balaban J connectivity index is 2.37. The number of amides is 1. The van der Waals surface area contributed by atoms with Crippen LogP contribution in [0.3, 0.4) is 0 Å². The summed E-state index contributed by atoms with van der Waals surface area (Å²) >= 11 is 0. The average molecular weight is 205 g/mol. The Labute approximate surface area is 89.4 Å². The van der Waals surface area contributed by atoms with E-state index in [-0.39, 0.29) is 5.91 Å². The lowest BCUT2D eigenvalue weighted by Gasteiger charge is -2.11. The fraction of sp³-hybridized carbons (Fsp3) is 0.417. The van der Waals surface area contributed by atoms with Crippen LogP contribution < -0.4 is 10.1 Å². The highest BCUT2D eigenvalue weighted by molar-refractivity contribution is 5.93. The van der Waals surface area contributed by atoms with Crippen molar-refractivity contribution in [3.8, 4) is 5.75 Å². The molecule has 0 radical (unpaired) electrons. The monoisotopic (exact) mass is 205 g/mol. The molecule has 0 aliphatic carbocycles. The Bertz CT molecular complexity index is 385. The van der Waals surface area contributed by atoms with E-state index in [0.29, 0.717) is 18.9 Å². The Morgan fingerprint density at radius 1 is 1.40 bits per heavy atom. The molecule has 1 aliphatic rings. The summed E-state index contributed by atoms with van der Waals surface area (Å²) in [5.74, 6) is 1.25. The van der Waals surface area contributed by atoms with E-state index in [1.807, 2.05) is 18.2 Å². The number of benzene rings is 1. The first kappa shape index (κ1) is 10.0. The van der Waals surface area contributed by atoms with Gasteiger partial charge in [-0.3, -0.25) is 4.79 Å². The lowest BCUT2D eigenvalue weighted by atomic mass is 10.0. The third-order valence-electron chi connectivity index (χ3n) is 2.53. The first-order chi connectivity index (χ1) is 7.16. The van der Waals surface area contributed by atoms with Gasteiger partial charge in [-0.2, -0.15) is 0 Å². The van der Waals surface area contributed by atoms with E-state index >= 15 is 0 Å². The predicted octanol–water partition coefficient (Wildman–Crippen LogP) is 2.53. The van der Waals surface area contributed by atoms with Gasteiger partial charge in [-0.1, -0.05) is 19.9 Å². The summed E-state index contributed by atoms with van der Waals surface area (Å²) in [7, 11) is 0. The molecule has 15 heavy (non-hydrogen) atoms. The van der Waals surface area contributed by atoms with Crippen LogP contribution in [0.5, 0.6) is 5.75 Å². The van der Waals surface area contributed by atoms with Gasteiger partial charge in [0.05, 0.1) is 18.7 Å². The van der Waals surface area contributed by atoms with Crippen LogP contribution in [0.2, 0.25) is 0 Å². The minimum Gasteiger partial charge on any atom is -0.491 e. The molecule has 1 amide bonds. The summed E-state index contributed by atoms with van der Waals surface area (Å²) in [6.07, 6.45) is 0.422. The summed E-state index contributed by atoms with van der Waals surface area (Å²) < 4.78 is 5.47. The zero-order valence-electron chi connectivity index (χ0n) is 9.04. The van der Waals surface area contributed by atoms with Crippen molar-refractivity contribution in [1.82, 2.24) is 0 Å². The molecule has 0 aromatic heterocycles. The fourth-order valence-corrected chi connectivity index (χ4v) is 1.60. The fourth-order valence-electron chi connectivity index (χ4n) is 1.60. The van der Waals surface area contributed by atoms with Gasteiger partial charge in [-0.25, -0.2) is 0 Å². The molecule has 0 saturated heterocycles. The highest BCUT2D eigenvalue weighted by Gasteiger charge is 2.14. The molecule has 1 aliphatic heterocycles. The molecular formula is C12H15NO2. The zero-order chi connectivity index (χ0) is 10.8. The van der Waals surface area contributed by atoms with Crippen LogP contribution in [0, 0.1) is 0 Å². The molecule has 0 atom stereocenters. The van der Waals surface area contributed by atoms with E-state index in [1.54, 1.807) is 0 Å². The van der Waals surface area contributed by atoms with Crippen LogP contribution in [-0.2, 0) is 4.79 Å². The molecule has 0 saturated carbocycles. The van der Waals surface area contributed by atoms with Gasteiger partial charge in [0.1, 0.15) is 5.75 Å². The van der Waals surface area contributed by atoms with Crippen molar-refractivity contribution in [2.75, 3.05) is 11.9 Å². The SMILES string of the molecule is CC(C)c1ccc2c(c1)NC(=O)CCO2. The Morgan fingerprint density at radius 2 is 2.20 bits per heavy atom. The minimum absolute atomic E-state index is 0.0228. The molecule has 1 aromatic carbocycles. The molecule has 3 heteroatoms. The van der Waals surface area contributed by atoms with Gasteiger partial charge < -0.3 is 10.1 Å². The van der Waals surface area contributed by atoms with Crippen molar-refractivity contribution in [3.63, 3.8) is 0 Å². The number of carbonyl (C=O) groups is 1. The van der Waals surface area contributed by atoms with Crippen molar-refractivity contribution in [1.29, 1.82) is 0 Å². The first-order valence-electron chi connectivity index (χ1n) is 5.23. The van der Waals surface area contributed by atoms with Crippen molar-refractivity contribution in [2.45, 2.75) is 26.2 Å². The van der Waals surface area contributed by atoms with Crippen molar-refractivity contribution < 1.29 is 9.53 Å². The van der Waals surface area contributed by atoms with Crippen molar-refractivity contribution in [2.24, 2.45) is 0 Å². The number of nitrogens with one attached hydrogen (secondary N) is 1. The predicted molar refractivity (Wildman–Crippen MR) is 59.3 cm³/mol. The molecule has 0 unspecified atom stereocenters. The highest BCUT2D eigenvalue weighted by Crippen LogP contribution is 2.30. The Kier molecular flexibility index (Phi) is 2.62. The molecule has 1 heterocycles. The maximum absolute atomic E-state index is 11.3. The quantitative estimate of drug-likeness (QED) is 0.765. The number of hydrogen-bond donors (Lipinski definition) is 1. The van der Waals surface area contributed by atoms with E-state index in [0.717, 1.165) is 11.4 Å². The van der Waals surface area contributed by atoms with Crippen molar-refractivity contribution in [3.05, 3.63) is 23.8 Å². The zero-order valence-corrected chi connectivity index (χ0v) is 9.04. The van der Waals surface area contributed by atoms with E-state index in [1.165, 1.54) is 5.56 Å². The van der Waals surface area contributed by atoms with Crippen LogP contribution >= 0.6 is 0 Å². The molecular weight excluding hydrogens is 190 g/mol. The molecule has 0 spiro atoms. The lowest BCUT2D eigenvalue weighted by Crippen LogP contribution is -2.10. The van der Waals surface area contributed by atoms with Crippen LogP contribution in [0.25, 0.3) is 0 Å². The summed E-state index contributed by atoms with van der Waals surface area (Å²) in [6.45, 7) is 4.71. The Morgan fingerprint density at radius 3 is 2.93 bits per heavy atom. The number of rotatable bonds is 1. The van der Waals surface area contributed by atoms with Gasteiger partial charge in [0.25, 0.3) is 0 Å². The normalized spacial score (nSPS) is 15.3. The number of carbonyl (C=O) groups excluding carboxylic acids is 1. The van der Waals surface area contributed by atoms with E-state index in [4.69, 9.17) is 4.74 Å². The molecule has 1 aromatic rings. The summed E-state index contributed by atoms with van der Waals surface area (Å²) in [6, 6.07) is 5.96. The van der Waals surface area contributed by atoms with Crippen LogP contribution in [0.15, 0.2) is 18.2 Å². The summed E-state index contributed by atoms with van der Waals surface area (Å²) in [4.78, 5) is 11.3. The van der Waals surface area contributed by atoms with Gasteiger partial charge in [0.15, 0.2) is 0 Å². The third-order valence-corrected chi connectivity index (χ3v) is 2.53. The Hall–Kier alpha value is -1.51. The molecule has 0 bridgehead atoms. The second-order valence-corrected chi connectivity index (χ2v) is 4.06. The number of anilines is 1. The topological polar surface area (TPSA) is 38.3 Å². The highest BCUT2D eigenvalue weighted by atomic mass is 16.5. The molecule has 3 nitrogen and oxygen atoms in total. The van der Waals surface area contributed by atoms with E-state index in [9.17, 15) is 4.79 Å². The van der Waals surface area contributed by atoms with Crippen molar-refractivity contribution >= 4 is 11.6 Å². The van der Waals surface area contributed by atoms with Gasteiger partial charge in [0, 0.05) is 0 Å². The largest absolute Gasteiger partial charge is 0.491 e. The smallest absolute Gasteiger partial charge is 0.227 e. The second kappa shape index (κ2) is 3.93. The van der Waals surface area contributed by atoms with Gasteiger partial charge in [-0.15, -0.1) is 0 Å². The van der Waals surface area contributed by atoms with Gasteiger partial charge in [-0.05, 0) is 23.6 Å². The van der Waals surface area contributed by atoms with Crippen LogP contribution in [0.1, 0.15) is 31.7 Å². The lowest BCUT2D eigenvalue weighted by molar-refractivity contribution is -0.116. The number of hydrogen-bond acceptors (Lipinski definition) is 2. The molecule has 80 valence electrons. The second-order valence-electron chi connectivity index (χ2n) is 4.06. The first-order valence-corrected chi connectivity index (χ1v) is 5.23. The van der Waals surface area contributed by atoms with E-state index in [2.05, 4.69) is 19.2 Å². The van der Waals surface area contributed by atoms with Crippen LogP contribution in [-0.4, -0.2) is 12.5 Å².